The van der Waals surface area contributed by atoms with Gasteiger partial charge in [-0.25, -0.2) is 0 Å². The molecule has 2 aromatic rings. The van der Waals surface area contributed by atoms with Crippen molar-refractivity contribution in [3.63, 3.8) is 0 Å². The lowest BCUT2D eigenvalue weighted by molar-refractivity contribution is -0.0498. The van der Waals surface area contributed by atoms with Gasteiger partial charge in [-0.3, -0.25) is 4.79 Å². The number of nitrogen functional groups attached to an aromatic ring is 1. The second-order valence-electron chi connectivity index (χ2n) is 4.28. The van der Waals surface area contributed by atoms with Crippen LogP contribution in [0.1, 0.15) is 15.9 Å². The van der Waals surface area contributed by atoms with Crippen molar-refractivity contribution in [2.75, 3.05) is 5.73 Å². The van der Waals surface area contributed by atoms with E-state index in [0.717, 1.165) is 5.56 Å². The molecule has 21 heavy (non-hydrogen) atoms. The maximum Gasteiger partial charge on any atom is 0.387 e. The number of alkyl halides is 2. The molecule has 0 aliphatic rings. The molecule has 0 saturated carbocycles. The monoisotopic (exact) mass is 292 g/mol. The van der Waals surface area contributed by atoms with Crippen LogP contribution in [0.4, 0.5) is 14.5 Å². The number of para-hydroxylation sites is 1. The van der Waals surface area contributed by atoms with E-state index in [9.17, 15) is 13.6 Å². The van der Waals surface area contributed by atoms with Gasteiger partial charge in [0, 0.05) is 17.8 Å². The van der Waals surface area contributed by atoms with Gasteiger partial charge in [-0.05, 0) is 35.9 Å². The third-order valence-electron chi connectivity index (χ3n) is 2.84. The Bertz CT molecular complexity index is 615. The first-order valence-electron chi connectivity index (χ1n) is 6.22. The number of ether oxygens (including phenoxy) is 1. The average Bonchev–Trinajstić information content (AvgIpc) is 2.46. The van der Waals surface area contributed by atoms with Crippen LogP contribution in [0.3, 0.4) is 0 Å². The lowest BCUT2D eigenvalue weighted by Crippen LogP contribution is -2.23. The van der Waals surface area contributed by atoms with Crippen LogP contribution in [0.5, 0.6) is 5.75 Å². The van der Waals surface area contributed by atoms with Gasteiger partial charge in [0.2, 0.25) is 0 Å². The summed E-state index contributed by atoms with van der Waals surface area (Å²) in [6, 6.07) is 12.7. The highest BCUT2D eigenvalue weighted by molar-refractivity contribution is 5.94. The van der Waals surface area contributed by atoms with Crippen molar-refractivity contribution >= 4 is 11.6 Å². The molecule has 0 bridgehead atoms. The number of hydrogen-bond donors (Lipinski definition) is 2. The van der Waals surface area contributed by atoms with Gasteiger partial charge in [-0.2, -0.15) is 8.78 Å². The van der Waals surface area contributed by atoms with Crippen LogP contribution in [0.2, 0.25) is 0 Å². The van der Waals surface area contributed by atoms with E-state index in [-0.39, 0.29) is 11.7 Å². The third-order valence-corrected chi connectivity index (χ3v) is 2.84. The SMILES string of the molecule is Nc1ccccc1CNC(=O)c1ccc(OC(F)F)cc1. The molecule has 0 aromatic heterocycles. The standard InChI is InChI=1S/C15H14F2N2O2/c16-15(17)21-12-7-5-10(6-8-12)14(20)19-9-11-3-1-2-4-13(11)18/h1-8,15H,9,18H2,(H,19,20). The molecule has 0 saturated heterocycles. The molecule has 1 amide bonds. The number of amides is 1. The highest BCUT2D eigenvalue weighted by Gasteiger charge is 2.08. The zero-order chi connectivity index (χ0) is 15.2. The fourth-order valence-electron chi connectivity index (χ4n) is 1.76. The Labute approximate surface area is 120 Å². The molecule has 0 spiro atoms. The van der Waals surface area contributed by atoms with E-state index in [1.807, 2.05) is 18.2 Å². The second-order valence-corrected chi connectivity index (χ2v) is 4.28. The smallest absolute Gasteiger partial charge is 0.387 e. The van der Waals surface area contributed by atoms with Gasteiger partial charge in [0.1, 0.15) is 5.75 Å². The van der Waals surface area contributed by atoms with E-state index in [1.165, 1.54) is 24.3 Å². The van der Waals surface area contributed by atoms with Gasteiger partial charge in [0.05, 0.1) is 0 Å². The number of carbonyl (C=O) groups excluding carboxylic acids is 1. The molecule has 0 atom stereocenters. The Morgan fingerprint density at radius 3 is 2.43 bits per heavy atom. The van der Waals surface area contributed by atoms with E-state index in [2.05, 4.69) is 10.1 Å². The quantitative estimate of drug-likeness (QED) is 0.833. The van der Waals surface area contributed by atoms with E-state index in [0.29, 0.717) is 17.8 Å². The molecule has 0 radical (unpaired) electrons. The first-order valence-corrected chi connectivity index (χ1v) is 6.22. The Morgan fingerprint density at radius 2 is 1.81 bits per heavy atom. The summed E-state index contributed by atoms with van der Waals surface area (Å²) < 4.78 is 28.2. The Balaban J connectivity index is 1.96. The summed E-state index contributed by atoms with van der Waals surface area (Å²) in [5, 5.41) is 2.71. The molecule has 0 aliphatic carbocycles. The highest BCUT2D eigenvalue weighted by atomic mass is 19.3. The maximum atomic E-state index is 12.0. The summed E-state index contributed by atoms with van der Waals surface area (Å²) in [6.07, 6.45) is 0. The van der Waals surface area contributed by atoms with Crippen molar-refractivity contribution < 1.29 is 18.3 Å². The van der Waals surface area contributed by atoms with Gasteiger partial charge in [-0.15, -0.1) is 0 Å². The number of hydrogen-bond acceptors (Lipinski definition) is 3. The van der Waals surface area contributed by atoms with E-state index in [4.69, 9.17) is 5.73 Å². The van der Waals surface area contributed by atoms with Crippen molar-refractivity contribution in [2.24, 2.45) is 0 Å². The summed E-state index contributed by atoms with van der Waals surface area (Å²) in [6.45, 7) is -2.59. The molecule has 0 heterocycles. The van der Waals surface area contributed by atoms with E-state index in [1.54, 1.807) is 6.07 Å². The number of nitrogens with one attached hydrogen (secondary N) is 1. The predicted octanol–water partition coefficient (Wildman–Crippen LogP) is 2.80. The number of carbonyl (C=O) groups is 1. The summed E-state index contributed by atoms with van der Waals surface area (Å²) in [5.41, 5.74) is 7.53. The molecule has 0 fully saturated rings. The molecule has 110 valence electrons. The zero-order valence-corrected chi connectivity index (χ0v) is 11.1. The second kappa shape index (κ2) is 6.69. The fourth-order valence-corrected chi connectivity index (χ4v) is 1.76. The number of rotatable bonds is 5. The van der Waals surface area contributed by atoms with Gasteiger partial charge < -0.3 is 15.8 Å². The van der Waals surface area contributed by atoms with Crippen LogP contribution in [-0.4, -0.2) is 12.5 Å². The Hall–Kier alpha value is -2.63. The highest BCUT2D eigenvalue weighted by Crippen LogP contribution is 2.15. The van der Waals surface area contributed by atoms with Crippen LogP contribution in [-0.2, 0) is 6.54 Å². The van der Waals surface area contributed by atoms with Crippen molar-refractivity contribution in [1.29, 1.82) is 0 Å². The van der Waals surface area contributed by atoms with E-state index >= 15 is 0 Å². The largest absolute Gasteiger partial charge is 0.435 e. The minimum atomic E-state index is -2.88. The molecule has 3 N–H and O–H groups in total. The molecule has 4 nitrogen and oxygen atoms in total. The molecule has 0 unspecified atom stereocenters. The third kappa shape index (κ3) is 4.17. The first kappa shape index (κ1) is 14.8. The minimum absolute atomic E-state index is 0.00820. The summed E-state index contributed by atoms with van der Waals surface area (Å²) >= 11 is 0. The van der Waals surface area contributed by atoms with E-state index < -0.39 is 6.61 Å². The van der Waals surface area contributed by atoms with Gasteiger partial charge in [0.15, 0.2) is 0 Å². The molecule has 2 aromatic carbocycles. The Kier molecular flexibility index (Phi) is 4.71. The van der Waals surface area contributed by atoms with Crippen LogP contribution < -0.4 is 15.8 Å². The zero-order valence-electron chi connectivity index (χ0n) is 11.1. The van der Waals surface area contributed by atoms with Crippen molar-refractivity contribution in [3.05, 3.63) is 59.7 Å². The number of halogens is 2. The van der Waals surface area contributed by atoms with Crippen molar-refractivity contribution in [1.82, 2.24) is 5.32 Å². The van der Waals surface area contributed by atoms with Crippen molar-refractivity contribution in [3.8, 4) is 5.75 Å². The topological polar surface area (TPSA) is 64.3 Å². The molecule has 0 aliphatic heterocycles. The van der Waals surface area contributed by atoms with Gasteiger partial charge in [0.25, 0.3) is 5.91 Å². The summed E-state index contributed by atoms with van der Waals surface area (Å²) in [5.74, 6) is -0.310. The fraction of sp³-hybridized carbons (Fsp3) is 0.133. The lowest BCUT2D eigenvalue weighted by Gasteiger charge is -2.08. The van der Waals surface area contributed by atoms with Crippen LogP contribution in [0.15, 0.2) is 48.5 Å². The Morgan fingerprint density at radius 1 is 1.14 bits per heavy atom. The molecular weight excluding hydrogens is 278 g/mol. The first-order chi connectivity index (χ1) is 10.1. The number of anilines is 1. The maximum absolute atomic E-state index is 12.0. The average molecular weight is 292 g/mol. The van der Waals surface area contributed by atoms with Crippen LogP contribution in [0, 0.1) is 0 Å². The minimum Gasteiger partial charge on any atom is -0.435 e. The van der Waals surface area contributed by atoms with Crippen LogP contribution in [0.25, 0.3) is 0 Å². The van der Waals surface area contributed by atoms with Gasteiger partial charge in [-0.1, -0.05) is 18.2 Å². The number of nitrogens with two attached hydrogens (primary N) is 1. The van der Waals surface area contributed by atoms with Crippen molar-refractivity contribution in [2.45, 2.75) is 13.2 Å². The lowest BCUT2D eigenvalue weighted by atomic mass is 10.1. The summed E-state index contributed by atoms with van der Waals surface area (Å²) in [7, 11) is 0. The predicted molar refractivity (Wildman–Crippen MR) is 75.1 cm³/mol. The van der Waals surface area contributed by atoms with Crippen LogP contribution >= 0.6 is 0 Å². The number of benzene rings is 2. The molecular formula is C15H14F2N2O2. The van der Waals surface area contributed by atoms with Gasteiger partial charge >= 0.3 is 6.61 Å². The molecule has 6 heteroatoms. The molecule has 2 rings (SSSR count). The summed E-state index contributed by atoms with van der Waals surface area (Å²) in [4.78, 5) is 11.9. The normalized spacial score (nSPS) is 10.4.